The van der Waals surface area contributed by atoms with Crippen molar-refractivity contribution in [2.75, 3.05) is 12.3 Å². The van der Waals surface area contributed by atoms with Crippen molar-refractivity contribution in [1.82, 2.24) is 15.7 Å². The van der Waals surface area contributed by atoms with Crippen LogP contribution in [-0.2, 0) is 10.3 Å². The molecule has 6 nitrogen and oxygen atoms in total. The van der Waals surface area contributed by atoms with Crippen LogP contribution in [0.4, 0.5) is 0 Å². The van der Waals surface area contributed by atoms with Crippen molar-refractivity contribution in [3.63, 3.8) is 0 Å². The molecule has 0 fully saturated rings. The standard InChI is InChI=1S/C16H20N4O2S/c1-16(2,3)14-18-19-15(21-14)23-10-12-9-17-13(20-22-12)11-7-5-4-6-8-11/h4-8,12H,9-10H2,1-3H3,(H,17,20)/t12-/m1/s1. The highest BCUT2D eigenvalue weighted by Gasteiger charge is 2.23. The molecule has 1 N–H and O–H groups in total. The van der Waals surface area contributed by atoms with Crippen molar-refractivity contribution in [2.24, 2.45) is 4.99 Å². The number of aromatic nitrogens is 2. The van der Waals surface area contributed by atoms with Gasteiger partial charge >= 0.3 is 0 Å². The Labute approximate surface area is 139 Å². The van der Waals surface area contributed by atoms with Crippen LogP contribution in [0.1, 0.15) is 32.2 Å². The number of rotatable bonds is 4. The molecule has 2 heterocycles. The molecule has 1 aromatic heterocycles. The number of hydrogen-bond acceptors (Lipinski definition) is 7. The molecule has 1 aliphatic rings. The minimum atomic E-state index is -0.135. The smallest absolute Gasteiger partial charge is 0.276 e. The predicted octanol–water partition coefficient (Wildman–Crippen LogP) is 2.81. The van der Waals surface area contributed by atoms with E-state index in [2.05, 4.69) is 20.7 Å². The van der Waals surface area contributed by atoms with Gasteiger partial charge in [-0.05, 0) is 0 Å². The van der Waals surface area contributed by atoms with Gasteiger partial charge in [-0.2, -0.15) is 0 Å². The molecule has 1 aliphatic heterocycles. The van der Waals surface area contributed by atoms with Crippen LogP contribution >= 0.6 is 11.8 Å². The summed E-state index contributed by atoms with van der Waals surface area (Å²) in [5, 5.41) is 8.71. The Morgan fingerprint density at radius 2 is 2.00 bits per heavy atom. The van der Waals surface area contributed by atoms with Crippen molar-refractivity contribution < 1.29 is 9.25 Å². The monoisotopic (exact) mass is 332 g/mol. The summed E-state index contributed by atoms with van der Waals surface area (Å²) in [5.41, 5.74) is 3.80. The highest BCUT2D eigenvalue weighted by atomic mass is 32.2. The zero-order valence-electron chi connectivity index (χ0n) is 13.4. The lowest BCUT2D eigenvalue weighted by Crippen LogP contribution is -2.38. The maximum absolute atomic E-state index is 5.66. The number of nitrogens with zero attached hydrogens (tertiary/aromatic N) is 3. The molecule has 0 aliphatic carbocycles. The Morgan fingerprint density at radius 3 is 2.61 bits per heavy atom. The lowest BCUT2D eigenvalue weighted by Gasteiger charge is -2.22. The summed E-state index contributed by atoms with van der Waals surface area (Å²) < 4.78 is 5.66. The third-order valence-electron chi connectivity index (χ3n) is 3.26. The Hall–Kier alpha value is -1.86. The summed E-state index contributed by atoms with van der Waals surface area (Å²) in [4.78, 5) is 10.2. The van der Waals surface area contributed by atoms with E-state index < -0.39 is 0 Å². The van der Waals surface area contributed by atoms with E-state index in [-0.39, 0.29) is 11.5 Å². The molecule has 122 valence electrons. The van der Waals surface area contributed by atoms with Crippen molar-refractivity contribution in [1.29, 1.82) is 0 Å². The second-order valence-electron chi connectivity index (χ2n) is 6.33. The third kappa shape index (κ3) is 4.11. The molecular weight excluding hydrogens is 312 g/mol. The summed E-state index contributed by atoms with van der Waals surface area (Å²) in [7, 11) is 0. The van der Waals surface area contributed by atoms with Gasteiger partial charge in [0.25, 0.3) is 5.22 Å². The number of benzene rings is 1. The number of nitrogens with one attached hydrogen (secondary N) is 1. The SMILES string of the molecule is CC(C)(C)c1nnc(SC[C@H]2CN=C(c3ccccc3)NO2)o1. The van der Waals surface area contributed by atoms with Gasteiger partial charge in [0.15, 0.2) is 5.84 Å². The van der Waals surface area contributed by atoms with E-state index in [1.54, 1.807) is 0 Å². The second kappa shape index (κ2) is 6.72. The molecule has 1 aromatic carbocycles. The average Bonchev–Trinajstić information content (AvgIpc) is 3.04. The highest BCUT2D eigenvalue weighted by molar-refractivity contribution is 7.99. The van der Waals surface area contributed by atoms with Crippen LogP contribution in [0.15, 0.2) is 45.0 Å². The molecule has 2 aromatic rings. The largest absolute Gasteiger partial charge is 0.415 e. The first-order valence-corrected chi connectivity index (χ1v) is 8.49. The number of thioether (sulfide) groups is 1. The van der Waals surface area contributed by atoms with Crippen LogP contribution in [0, 0.1) is 0 Å². The average molecular weight is 332 g/mol. The number of amidine groups is 1. The van der Waals surface area contributed by atoms with Crippen LogP contribution in [0.2, 0.25) is 0 Å². The van der Waals surface area contributed by atoms with Gasteiger partial charge in [0.05, 0.1) is 6.54 Å². The molecule has 0 saturated heterocycles. The predicted molar refractivity (Wildman–Crippen MR) is 89.6 cm³/mol. The molecule has 0 saturated carbocycles. The fourth-order valence-electron chi connectivity index (χ4n) is 1.97. The highest BCUT2D eigenvalue weighted by Crippen LogP contribution is 2.25. The lowest BCUT2D eigenvalue weighted by molar-refractivity contribution is 0.0212. The molecule has 0 amide bonds. The lowest BCUT2D eigenvalue weighted by atomic mass is 9.97. The van der Waals surface area contributed by atoms with Gasteiger partial charge in [-0.3, -0.25) is 9.83 Å². The fourth-order valence-corrected chi connectivity index (χ4v) is 2.71. The zero-order valence-corrected chi connectivity index (χ0v) is 14.3. The summed E-state index contributed by atoms with van der Waals surface area (Å²) in [6.45, 7) is 6.74. The quantitative estimate of drug-likeness (QED) is 0.868. The number of aliphatic imine (C=N–C) groups is 1. The van der Waals surface area contributed by atoms with E-state index in [1.165, 1.54) is 11.8 Å². The van der Waals surface area contributed by atoms with Crippen molar-refractivity contribution >= 4 is 17.6 Å². The van der Waals surface area contributed by atoms with Crippen molar-refractivity contribution in [2.45, 2.75) is 37.5 Å². The van der Waals surface area contributed by atoms with Crippen LogP contribution in [-0.4, -0.2) is 34.4 Å². The molecule has 7 heteroatoms. The second-order valence-corrected chi connectivity index (χ2v) is 7.30. The molecule has 1 atom stereocenters. The Bertz CT molecular complexity index is 679. The normalized spacial score (nSPS) is 18.4. The molecule has 3 rings (SSSR count). The van der Waals surface area contributed by atoms with E-state index >= 15 is 0 Å². The first-order valence-electron chi connectivity index (χ1n) is 7.51. The van der Waals surface area contributed by atoms with Gasteiger partial charge in [0.2, 0.25) is 5.89 Å². The topological polar surface area (TPSA) is 72.5 Å². The van der Waals surface area contributed by atoms with Gasteiger partial charge in [-0.15, -0.1) is 10.2 Å². The van der Waals surface area contributed by atoms with E-state index in [0.717, 1.165) is 11.4 Å². The van der Waals surface area contributed by atoms with Crippen LogP contribution in [0.25, 0.3) is 0 Å². The van der Waals surface area contributed by atoms with Crippen LogP contribution in [0.3, 0.4) is 0 Å². The van der Waals surface area contributed by atoms with E-state index in [0.29, 0.717) is 23.4 Å². The Morgan fingerprint density at radius 1 is 1.22 bits per heavy atom. The van der Waals surface area contributed by atoms with Gasteiger partial charge in [-0.25, -0.2) is 5.48 Å². The molecule has 0 radical (unpaired) electrons. The van der Waals surface area contributed by atoms with Crippen molar-refractivity contribution in [3.05, 3.63) is 41.8 Å². The van der Waals surface area contributed by atoms with E-state index in [1.807, 2.05) is 51.1 Å². The van der Waals surface area contributed by atoms with Gasteiger partial charge < -0.3 is 4.42 Å². The van der Waals surface area contributed by atoms with Crippen LogP contribution in [0.5, 0.6) is 0 Å². The zero-order chi connectivity index (χ0) is 16.3. The fraction of sp³-hybridized carbons (Fsp3) is 0.438. The van der Waals surface area contributed by atoms with Gasteiger partial charge in [-0.1, -0.05) is 62.9 Å². The third-order valence-corrected chi connectivity index (χ3v) is 4.21. The minimum absolute atomic E-state index is 0.0301. The Balaban J connectivity index is 1.53. The maximum Gasteiger partial charge on any atom is 0.276 e. The Kier molecular flexibility index (Phi) is 4.68. The van der Waals surface area contributed by atoms with Crippen LogP contribution < -0.4 is 5.48 Å². The number of hydroxylamine groups is 1. The maximum atomic E-state index is 5.66. The summed E-state index contributed by atoms with van der Waals surface area (Å²) in [6.07, 6.45) is -0.0301. The van der Waals surface area contributed by atoms with E-state index in [4.69, 9.17) is 9.25 Å². The number of hydrogen-bond donors (Lipinski definition) is 1. The molecular formula is C16H20N4O2S. The van der Waals surface area contributed by atoms with Gasteiger partial charge in [0.1, 0.15) is 6.10 Å². The minimum Gasteiger partial charge on any atom is -0.415 e. The summed E-state index contributed by atoms with van der Waals surface area (Å²) in [5.74, 6) is 2.11. The van der Waals surface area contributed by atoms with Gasteiger partial charge in [0, 0.05) is 16.7 Å². The van der Waals surface area contributed by atoms with Crippen molar-refractivity contribution in [3.8, 4) is 0 Å². The summed E-state index contributed by atoms with van der Waals surface area (Å²) >= 11 is 1.49. The molecule has 0 unspecified atom stereocenters. The molecule has 0 spiro atoms. The van der Waals surface area contributed by atoms with E-state index in [9.17, 15) is 0 Å². The molecule has 0 bridgehead atoms. The summed E-state index contributed by atoms with van der Waals surface area (Å²) in [6, 6.07) is 9.92. The first kappa shape index (κ1) is 16.0. The first-order chi connectivity index (χ1) is 11.0. The molecule has 23 heavy (non-hydrogen) atoms.